The van der Waals surface area contributed by atoms with Gasteiger partial charge in [-0.05, 0) is 61.2 Å². The predicted octanol–water partition coefficient (Wildman–Crippen LogP) is 5.13. The largest absolute Gasteiger partial charge is 0.506 e. The molecule has 3 rings (SSSR count). The first-order valence-corrected chi connectivity index (χ1v) is 11.9. The molecule has 0 unspecified atom stereocenters. The Balaban J connectivity index is 1.72. The van der Waals surface area contributed by atoms with Crippen molar-refractivity contribution in [3.8, 4) is 11.5 Å². The molecular weight excluding hydrogens is 456 g/mol. The van der Waals surface area contributed by atoms with E-state index in [0.717, 1.165) is 18.7 Å². The van der Waals surface area contributed by atoms with Crippen LogP contribution >= 0.6 is 11.6 Å². The molecule has 1 fully saturated rings. The zero-order valence-electron chi connectivity index (χ0n) is 20.2. The molecule has 0 spiro atoms. The van der Waals surface area contributed by atoms with Crippen molar-refractivity contribution in [2.75, 3.05) is 31.6 Å². The van der Waals surface area contributed by atoms with Crippen LogP contribution in [0.25, 0.3) is 0 Å². The highest BCUT2D eigenvalue weighted by molar-refractivity contribution is 6.32. The summed E-state index contributed by atoms with van der Waals surface area (Å²) < 4.78 is 10.7. The van der Waals surface area contributed by atoms with Crippen molar-refractivity contribution in [3.05, 3.63) is 52.0 Å². The summed E-state index contributed by atoms with van der Waals surface area (Å²) in [6, 6.07) is 8.52. The van der Waals surface area contributed by atoms with Crippen LogP contribution in [0.5, 0.6) is 11.5 Å². The van der Waals surface area contributed by atoms with E-state index in [1.807, 2.05) is 6.07 Å². The zero-order valence-corrected chi connectivity index (χ0v) is 21.0. The number of hydrogen-bond donors (Lipinski definition) is 2. The number of nitrogens with zero attached hydrogens (tertiary/aromatic N) is 1. The Morgan fingerprint density at radius 3 is 2.50 bits per heavy atom. The lowest BCUT2D eigenvalue weighted by atomic mass is 9.86. The molecule has 2 N–H and O–H groups in total. The first kappa shape index (κ1) is 25.8. The molecule has 0 aromatic heterocycles. The van der Waals surface area contributed by atoms with Crippen molar-refractivity contribution in [2.24, 2.45) is 0 Å². The molecule has 1 saturated heterocycles. The highest BCUT2D eigenvalue weighted by Gasteiger charge is 2.20. The van der Waals surface area contributed by atoms with Crippen LogP contribution in [-0.2, 0) is 21.5 Å². The Morgan fingerprint density at radius 2 is 1.85 bits per heavy atom. The van der Waals surface area contributed by atoms with Crippen LogP contribution < -0.4 is 10.1 Å². The van der Waals surface area contributed by atoms with E-state index in [9.17, 15) is 14.7 Å². The summed E-state index contributed by atoms with van der Waals surface area (Å²) in [5.41, 5.74) is 2.30. The van der Waals surface area contributed by atoms with Crippen molar-refractivity contribution in [1.82, 2.24) is 4.90 Å². The maximum absolute atomic E-state index is 12.6. The number of anilines is 1. The molecule has 0 aliphatic carbocycles. The first-order valence-electron chi connectivity index (χ1n) is 11.5. The second-order valence-corrected chi connectivity index (χ2v) is 9.97. The monoisotopic (exact) mass is 488 g/mol. The molecule has 2 aromatic carbocycles. The number of aromatic hydroxyl groups is 1. The molecular formula is C26H33ClN2O5. The second-order valence-electron chi connectivity index (χ2n) is 9.56. The number of hydrogen-bond acceptors (Lipinski definition) is 7. The number of carbonyl (C=O) groups excluding carboxylic acids is 2. The third kappa shape index (κ3) is 6.87. The molecule has 0 atom stereocenters. The summed E-state index contributed by atoms with van der Waals surface area (Å²) in [5, 5.41) is 13.9. The molecule has 8 heteroatoms. The minimum absolute atomic E-state index is 0.0144. The van der Waals surface area contributed by atoms with Crippen molar-refractivity contribution in [3.63, 3.8) is 0 Å². The van der Waals surface area contributed by atoms with Gasteiger partial charge in [0.1, 0.15) is 23.7 Å². The van der Waals surface area contributed by atoms with Crippen LogP contribution in [0.1, 0.15) is 62.0 Å². The van der Waals surface area contributed by atoms with Crippen LogP contribution in [0.2, 0.25) is 5.02 Å². The van der Waals surface area contributed by atoms with E-state index in [-0.39, 0.29) is 40.7 Å². The van der Waals surface area contributed by atoms with Crippen molar-refractivity contribution in [1.29, 1.82) is 0 Å². The molecule has 0 saturated carbocycles. The third-order valence-electron chi connectivity index (χ3n) is 5.79. The summed E-state index contributed by atoms with van der Waals surface area (Å²) in [5.74, 6) is -0.940. The molecule has 0 amide bonds. The average molecular weight is 489 g/mol. The van der Waals surface area contributed by atoms with Crippen LogP contribution in [-0.4, -0.2) is 48.2 Å². The Morgan fingerprint density at radius 1 is 1.15 bits per heavy atom. The maximum Gasteiger partial charge on any atom is 0.341 e. The standard InChI is InChI=1S/C26H33ClN2O5/c1-17(30)34-23-15-20(7-8-21(23)25(32)33-12-11-29-9-5-6-10-29)28-16-18-13-19(26(2,3)4)14-22(27)24(18)31/h7-8,13-15,28,31H,5-6,9-12,16H2,1-4H3. The van der Waals surface area contributed by atoms with E-state index in [1.54, 1.807) is 24.3 Å². The topological polar surface area (TPSA) is 88.1 Å². The minimum atomic E-state index is -0.538. The van der Waals surface area contributed by atoms with Gasteiger partial charge in [0.15, 0.2) is 0 Å². The van der Waals surface area contributed by atoms with Gasteiger partial charge in [0.25, 0.3) is 0 Å². The number of ether oxygens (including phenoxy) is 2. The van der Waals surface area contributed by atoms with Gasteiger partial charge in [-0.15, -0.1) is 0 Å². The van der Waals surface area contributed by atoms with Gasteiger partial charge in [0, 0.05) is 37.3 Å². The van der Waals surface area contributed by atoms with Gasteiger partial charge >= 0.3 is 11.9 Å². The Kier molecular flexibility index (Phi) is 8.44. The Hall–Kier alpha value is -2.77. The summed E-state index contributed by atoms with van der Waals surface area (Å²) in [7, 11) is 0. The molecule has 2 aromatic rings. The number of esters is 2. The molecule has 7 nitrogen and oxygen atoms in total. The van der Waals surface area contributed by atoms with Crippen molar-refractivity contribution in [2.45, 2.75) is 52.5 Å². The summed E-state index contributed by atoms with van der Waals surface area (Å²) in [6.45, 7) is 10.8. The van der Waals surface area contributed by atoms with Gasteiger partial charge in [-0.1, -0.05) is 32.4 Å². The predicted molar refractivity (Wildman–Crippen MR) is 133 cm³/mol. The normalized spacial score (nSPS) is 14.1. The van der Waals surface area contributed by atoms with Gasteiger partial charge < -0.3 is 19.9 Å². The molecule has 0 radical (unpaired) electrons. The average Bonchev–Trinajstić information content (AvgIpc) is 3.27. The first-order chi connectivity index (χ1) is 16.0. The third-order valence-corrected chi connectivity index (χ3v) is 6.07. The fourth-order valence-electron chi connectivity index (χ4n) is 3.81. The van der Waals surface area contributed by atoms with Gasteiger partial charge in [-0.25, -0.2) is 4.79 Å². The molecule has 1 aliphatic heterocycles. The van der Waals surface area contributed by atoms with E-state index in [0.29, 0.717) is 17.8 Å². The van der Waals surface area contributed by atoms with Crippen molar-refractivity contribution >= 4 is 29.2 Å². The smallest absolute Gasteiger partial charge is 0.341 e. The van der Waals surface area contributed by atoms with E-state index in [2.05, 4.69) is 31.0 Å². The molecule has 0 bridgehead atoms. The van der Waals surface area contributed by atoms with E-state index < -0.39 is 11.9 Å². The van der Waals surface area contributed by atoms with Crippen molar-refractivity contribution < 1.29 is 24.2 Å². The highest BCUT2D eigenvalue weighted by atomic mass is 35.5. The SMILES string of the molecule is CC(=O)Oc1cc(NCc2cc(C(C)(C)C)cc(Cl)c2O)ccc1C(=O)OCCN1CCCC1. The van der Waals surface area contributed by atoms with E-state index >= 15 is 0 Å². The summed E-state index contributed by atoms with van der Waals surface area (Å²) >= 11 is 6.24. The van der Waals surface area contributed by atoms with Gasteiger partial charge in [-0.3, -0.25) is 9.69 Å². The number of phenols is 1. The Bertz CT molecular complexity index is 1040. The van der Waals surface area contributed by atoms with Gasteiger partial charge in [0.2, 0.25) is 0 Å². The number of phenolic OH excluding ortho intramolecular Hbond substituents is 1. The number of nitrogens with one attached hydrogen (secondary N) is 1. The zero-order chi connectivity index (χ0) is 24.9. The highest BCUT2D eigenvalue weighted by Crippen LogP contribution is 2.35. The lowest BCUT2D eigenvalue weighted by molar-refractivity contribution is -0.131. The quantitative estimate of drug-likeness (QED) is 0.393. The Labute approximate surface area is 206 Å². The minimum Gasteiger partial charge on any atom is -0.506 e. The number of benzene rings is 2. The van der Waals surface area contributed by atoms with E-state index in [4.69, 9.17) is 21.1 Å². The van der Waals surface area contributed by atoms with Crippen LogP contribution in [0.15, 0.2) is 30.3 Å². The summed E-state index contributed by atoms with van der Waals surface area (Å²) in [6.07, 6.45) is 2.34. The lowest BCUT2D eigenvalue weighted by Gasteiger charge is -2.21. The fraction of sp³-hybridized carbons (Fsp3) is 0.462. The number of halogens is 1. The number of likely N-dealkylation sites (tertiary alicyclic amines) is 1. The maximum atomic E-state index is 12.6. The second kappa shape index (κ2) is 11.1. The fourth-order valence-corrected chi connectivity index (χ4v) is 4.05. The van der Waals surface area contributed by atoms with E-state index in [1.165, 1.54) is 19.8 Å². The number of carbonyl (C=O) groups is 2. The molecule has 184 valence electrons. The van der Waals surface area contributed by atoms with Gasteiger partial charge in [-0.2, -0.15) is 0 Å². The van der Waals surface area contributed by atoms with Crippen LogP contribution in [0.4, 0.5) is 5.69 Å². The molecule has 1 heterocycles. The number of rotatable bonds is 8. The van der Waals surface area contributed by atoms with Crippen LogP contribution in [0, 0.1) is 0 Å². The molecule has 34 heavy (non-hydrogen) atoms. The lowest BCUT2D eigenvalue weighted by Crippen LogP contribution is -2.25. The van der Waals surface area contributed by atoms with Crippen LogP contribution in [0.3, 0.4) is 0 Å². The molecule has 1 aliphatic rings. The van der Waals surface area contributed by atoms with Gasteiger partial charge in [0.05, 0.1) is 5.02 Å². The summed E-state index contributed by atoms with van der Waals surface area (Å²) in [4.78, 5) is 26.5.